The van der Waals surface area contributed by atoms with E-state index in [1.807, 2.05) is 24.3 Å². The predicted octanol–water partition coefficient (Wildman–Crippen LogP) is 4.23. The van der Waals surface area contributed by atoms with E-state index in [1.165, 1.54) is 12.1 Å². The quantitative estimate of drug-likeness (QED) is 0.539. The van der Waals surface area contributed by atoms with Crippen LogP contribution in [0, 0.1) is 10.1 Å². The predicted molar refractivity (Wildman–Crippen MR) is 104 cm³/mol. The van der Waals surface area contributed by atoms with Crippen LogP contribution in [0.15, 0.2) is 46.9 Å². The highest BCUT2D eigenvalue weighted by atomic mass is 79.9. The van der Waals surface area contributed by atoms with Crippen molar-refractivity contribution in [2.24, 2.45) is 0 Å². The van der Waals surface area contributed by atoms with E-state index in [0.717, 1.165) is 41.7 Å². The van der Waals surface area contributed by atoms with Gasteiger partial charge in [0.15, 0.2) is 0 Å². The van der Waals surface area contributed by atoms with Gasteiger partial charge in [0, 0.05) is 43.3 Å². The van der Waals surface area contributed by atoms with E-state index in [4.69, 9.17) is 0 Å². The van der Waals surface area contributed by atoms with Crippen LogP contribution in [-0.2, 0) is 6.54 Å². The van der Waals surface area contributed by atoms with Crippen LogP contribution in [0.3, 0.4) is 0 Å². The molecule has 136 valence electrons. The van der Waals surface area contributed by atoms with Crippen molar-refractivity contribution in [1.82, 2.24) is 4.90 Å². The molecule has 2 aromatic rings. The maximum atomic E-state index is 13.1. The molecule has 0 spiro atoms. The zero-order valence-electron chi connectivity index (χ0n) is 14.5. The monoisotopic (exact) mass is 417 g/mol. The van der Waals surface area contributed by atoms with Crippen molar-refractivity contribution in [3.05, 3.63) is 68.2 Å². The van der Waals surface area contributed by atoms with Crippen LogP contribution in [-0.4, -0.2) is 35.9 Å². The van der Waals surface area contributed by atoms with Gasteiger partial charge >= 0.3 is 0 Å². The molecule has 1 saturated heterocycles. The van der Waals surface area contributed by atoms with Gasteiger partial charge in [-0.1, -0.05) is 34.1 Å². The van der Waals surface area contributed by atoms with Gasteiger partial charge < -0.3 is 9.80 Å². The number of nitrogens with zero attached hydrogens (tertiary/aromatic N) is 3. The Balaban J connectivity index is 1.92. The highest BCUT2D eigenvalue weighted by Gasteiger charge is 2.24. The largest absolute Gasteiger partial charge is 0.371 e. The summed E-state index contributed by atoms with van der Waals surface area (Å²) in [5.41, 5.74) is 2.08. The summed E-state index contributed by atoms with van der Waals surface area (Å²) in [7, 11) is 1.72. The average molecular weight is 418 g/mol. The number of amides is 1. The molecule has 0 bridgehead atoms. The Morgan fingerprint density at radius 1 is 1.23 bits per heavy atom. The molecular weight excluding hydrogens is 398 g/mol. The fourth-order valence-corrected chi connectivity index (χ4v) is 3.61. The number of non-ortho nitro benzene ring substituents is 1. The highest BCUT2D eigenvalue weighted by molar-refractivity contribution is 9.10. The molecule has 0 aliphatic carbocycles. The molecule has 7 heteroatoms. The van der Waals surface area contributed by atoms with Crippen LogP contribution >= 0.6 is 15.9 Å². The second kappa shape index (κ2) is 7.86. The number of halogens is 1. The third-order valence-electron chi connectivity index (χ3n) is 4.58. The lowest BCUT2D eigenvalue weighted by atomic mass is 10.1. The zero-order chi connectivity index (χ0) is 18.7. The van der Waals surface area contributed by atoms with Gasteiger partial charge in [0.05, 0.1) is 16.2 Å². The first-order chi connectivity index (χ1) is 12.5. The number of nitro benzene ring substituents is 1. The van der Waals surface area contributed by atoms with Crippen molar-refractivity contribution in [2.75, 3.05) is 25.0 Å². The molecule has 0 N–H and O–H groups in total. The third-order valence-corrected chi connectivity index (χ3v) is 5.35. The third kappa shape index (κ3) is 3.88. The summed E-state index contributed by atoms with van der Waals surface area (Å²) in [6.07, 6.45) is 2.13. The minimum Gasteiger partial charge on any atom is -0.371 e. The van der Waals surface area contributed by atoms with Gasteiger partial charge in [-0.25, -0.2) is 0 Å². The fraction of sp³-hybridized carbons (Fsp3) is 0.316. The van der Waals surface area contributed by atoms with Gasteiger partial charge in [0.2, 0.25) is 0 Å². The van der Waals surface area contributed by atoms with E-state index in [1.54, 1.807) is 18.0 Å². The first-order valence-corrected chi connectivity index (χ1v) is 9.29. The molecular formula is C19H20BrN3O3. The van der Waals surface area contributed by atoms with Crippen LogP contribution in [0.25, 0.3) is 0 Å². The molecule has 0 atom stereocenters. The minimum absolute atomic E-state index is 0.0643. The lowest BCUT2D eigenvalue weighted by Gasteiger charge is -2.24. The molecule has 1 amide bonds. The van der Waals surface area contributed by atoms with Gasteiger partial charge in [-0.2, -0.15) is 0 Å². The Kier molecular flexibility index (Phi) is 5.56. The van der Waals surface area contributed by atoms with E-state index in [9.17, 15) is 14.9 Å². The normalized spacial score (nSPS) is 13.7. The van der Waals surface area contributed by atoms with Crippen LogP contribution in [0.1, 0.15) is 28.8 Å². The Bertz CT molecular complexity index is 835. The summed E-state index contributed by atoms with van der Waals surface area (Å²) >= 11 is 3.49. The Morgan fingerprint density at radius 3 is 2.58 bits per heavy atom. The first-order valence-electron chi connectivity index (χ1n) is 8.49. The van der Waals surface area contributed by atoms with Crippen LogP contribution in [0.2, 0.25) is 0 Å². The molecule has 0 aromatic heterocycles. The number of benzene rings is 2. The topological polar surface area (TPSA) is 66.7 Å². The van der Waals surface area contributed by atoms with Crippen molar-refractivity contribution in [3.63, 3.8) is 0 Å². The number of carbonyl (C=O) groups is 1. The van der Waals surface area contributed by atoms with Gasteiger partial charge in [0.1, 0.15) is 0 Å². The Morgan fingerprint density at radius 2 is 1.92 bits per heavy atom. The van der Waals surface area contributed by atoms with Crippen molar-refractivity contribution >= 4 is 33.2 Å². The van der Waals surface area contributed by atoms with Crippen molar-refractivity contribution in [3.8, 4) is 0 Å². The van der Waals surface area contributed by atoms with Gasteiger partial charge in [0.25, 0.3) is 11.6 Å². The van der Waals surface area contributed by atoms with Gasteiger partial charge in [-0.3, -0.25) is 14.9 Å². The SMILES string of the molecule is CN(Cc1ccccc1Br)C(=O)c1cc([N+](=O)[O-])ccc1N1CCCC1. The molecule has 0 unspecified atom stereocenters. The molecule has 1 fully saturated rings. The van der Waals surface area contributed by atoms with E-state index in [2.05, 4.69) is 20.8 Å². The zero-order valence-corrected chi connectivity index (χ0v) is 16.1. The van der Waals surface area contributed by atoms with Gasteiger partial charge in [-0.05, 0) is 30.5 Å². The molecule has 26 heavy (non-hydrogen) atoms. The molecule has 0 radical (unpaired) electrons. The molecule has 1 aliphatic heterocycles. The summed E-state index contributed by atoms with van der Waals surface area (Å²) in [4.78, 5) is 27.5. The van der Waals surface area contributed by atoms with Crippen LogP contribution in [0.5, 0.6) is 0 Å². The molecule has 0 saturated carbocycles. The summed E-state index contributed by atoms with van der Waals surface area (Å²) < 4.78 is 0.929. The van der Waals surface area contributed by atoms with E-state index >= 15 is 0 Å². The molecule has 3 rings (SSSR count). The first kappa shape index (κ1) is 18.4. The van der Waals surface area contributed by atoms with E-state index in [-0.39, 0.29) is 11.6 Å². The van der Waals surface area contributed by atoms with Gasteiger partial charge in [-0.15, -0.1) is 0 Å². The van der Waals surface area contributed by atoms with E-state index < -0.39 is 4.92 Å². The molecule has 1 heterocycles. The number of hydrogen-bond donors (Lipinski definition) is 0. The second-order valence-electron chi connectivity index (χ2n) is 6.41. The minimum atomic E-state index is -0.460. The molecule has 6 nitrogen and oxygen atoms in total. The maximum absolute atomic E-state index is 13.1. The van der Waals surface area contributed by atoms with Crippen molar-refractivity contribution < 1.29 is 9.72 Å². The van der Waals surface area contributed by atoms with Crippen LogP contribution < -0.4 is 4.90 Å². The fourth-order valence-electron chi connectivity index (χ4n) is 3.20. The standard InChI is InChI=1S/C19H20BrN3O3/c1-21(13-14-6-2-3-7-17(14)20)19(24)16-12-15(23(25)26)8-9-18(16)22-10-4-5-11-22/h2-3,6-9,12H,4-5,10-11,13H2,1H3. The number of nitro groups is 1. The molecule has 2 aromatic carbocycles. The summed E-state index contributed by atoms with van der Waals surface area (Å²) in [6.45, 7) is 2.15. The summed E-state index contributed by atoms with van der Waals surface area (Å²) in [6, 6.07) is 12.3. The molecule has 1 aliphatic rings. The highest BCUT2D eigenvalue weighted by Crippen LogP contribution is 2.30. The number of anilines is 1. The lowest BCUT2D eigenvalue weighted by Crippen LogP contribution is -2.29. The van der Waals surface area contributed by atoms with Crippen molar-refractivity contribution in [2.45, 2.75) is 19.4 Å². The summed E-state index contributed by atoms with van der Waals surface area (Å²) in [5.74, 6) is -0.216. The number of rotatable bonds is 5. The Hall–Kier alpha value is -2.41. The van der Waals surface area contributed by atoms with Crippen molar-refractivity contribution in [1.29, 1.82) is 0 Å². The number of hydrogen-bond acceptors (Lipinski definition) is 4. The van der Waals surface area contributed by atoms with E-state index in [0.29, 0.717) is 12.1 Å². The Labute approximate surface area is 160 Å². The maximum Gasteiger partial charge on any atom is 0.270 e. The summed E-state index contributed by atoms with van der Waals surface area (Å²) in [5, 5.41) is 11.2. The lowest BCUT2D eigenvalue weighted by molar-refractivity contribution is -0.384. The second-order valence-corrected chi connectivity index (χ2v) is 7.26. The number of carbonyl (C=O) groups excluding carboxylic acids is 1. The smallest absolute Gasteiger partial charge is 0.270 e. The average Bonchev–Trinajstić information content (AvgIpc) is 3.17. The van der Waals surface area contributed by atoms with Crippen LogP contribution in [0.4, 0.5) is 11.4 Å².